The highest BCUT2D eigenvalue weighted by atomic mass is 35.5. The molecule has 13 heavy (non-hydrogen) atoms. The van der Waals surface area contributed by atoms with E-state index in [1.807, 2.05) is 12.3 Å². The van der Waals surface area contributed by atoms with Crippen LogP contribution in [-0.4, -0.2) is 19.7 Å². The summed E-state index contributed by atoms with van der Waals surface area (Å²) in [5, 5.41) is 0. The number of aldehydes is 1. The molecule has 1 aromatic carbocycles. The fourth-order valence-electron chi connectivity index (χ4n) is 0.926. The summed E-state index contributed by atoms with van der Waals surface area (Å²) in [6.45, 7) is 0. The smallest absolute Gasteiger partial charge is 0.150 e. The topological polar surface area (TPSA) is 26.3 Å². The first-order valence-electron chi connectivity index (χ1n) is 3.49. The molecule has 0 radical (unpaired) electrons. The Morgan fingerprint density at radius 3 is 2.62 bits per heavy atom. The van der Waals surface area contributed by atoms with E-state index in [-0.39, 0.29) is 12.4 Å². The Labute approximate surface area is 88.1 Å². The zero-order valence-electron chi connectivity index (χ0n) is 7.44. The van der Waals surface area contributed by atoms with Crippen LogP contribution >= 0.6 is 24.2 Å². The third-order valence-corrected chi connectivity index (χ3v) is 2.30. The number of hydrogen-bond acceptors (Lipinski definition) is 3. The van der Waals surface area contributed by atoms with Gasteiger partial charge in [0.1, 0.15) is 12.0 Å². The molecule has 0 fully saturated rings. The number of halogens is 1. The zero-order valence-corrected chi connectivity index (χ0v) is 9.08. The first kappa shape index (κ1) is 12.3. The molecule has 0 saturated heterocycles. The SMILES string of the molecule is COc1ccc(C=O)cc1SC.Cl. The highest BCUT2D eigenvalue weighted by molar-refractivity contribution is 7.98. The maximum absolute atomic E-state index is 10.4. The van der Waals surface area contributed by atoms with E-state index in [9.17, 15) is 4.79 Å². The molecule has 0 atom stereocenters. The fourth-order valence-corrected chi connectivity index (χ4v) is 1.53. The van der Waals surface area contributed by atoms with Gasteiger partial charge in [0.05, 0.1) is 7.11 Å². The molecule has 0 aliphatic carbocycles. The second kappa shape index (κ2) is 5.89. The summed E-state index contributed by atoms with van der Waals surface area (Å²) in [6.07, 6.45) is 2.78. The van der Waals surface area contributed by atoms with Gasteiger partial charge in [-0.3, -0.25) is 4.79 Å². The van der Waals surface area contributed by atoms with Gasteiger partial charge in [0, 0.05) is 10.5 Å². The Balaban J connectivity index is 0.00000144. The standard InChI is InChI=1S/C9H10O2S.ClH/c1-11-8-4-3-7(6-10)5-9(8)12-2;/h3-6H,1-2H3;1H. The van der Waals surface area contributed by atoms with Gasteiger partial charge in [-0.25, -0.2) is 0 Å². The molecule has 4 heteroatoms. The molecule has 72 valence electrons. The van der Waals surface area contributed by atoms with Crippen molar-refractivity contribution >= 4 is 30.5 Å². The molecule has 0 heterocycles. The van der Waals surface area contributed by atoms with Crippen LogP contribution in [0.3, 0.4) is 0 Å². The molecule has 2 nitrogen and oxygen atoms in total. The van der Waals surface area contributed by atoms with Gasteiger partial charge in [0.25, 0.3) is 0 Å². The summed E-state index contributed by atoms with van der Waals surface area (Å²) in [4.78, 5) is 11.4. The number of carbonyl (C=O) groups excluding carboxylic acids is 1. The van der Waals surface area contributed by atoms with Crippen LogP contribution in [0.1, 0.15) is 10.4 Å². The Bertz CT molecular complexity index is 289. The van der Waals surface area contributed by atoms with Crippen molar-refractivity contribution in [2.45, 2.75) is 4.90 Å². The number of thioether (sulfide) groups is 1. The van der Waals surface area contributed by atoms with Crippen molar-refractivity contribution in [2.75, 3.05) is 13.4 Å². The van der Waals surface area contributed by atoms with Gasteiger partial charge in [0.2, 0.25) is 0 Å². The van der Waals surface area contributed by atoms with Crippen molar-refractivity contribution in [3.8, 4) is 5.75 Å². The van der Waals surface area contributed by atoms with E-state index in [2.05, 4.69) is 0 Å². The second-order valence-electron chi connectivity index (χ2n) is 2.23. The maximum atomic E-state index is 10.4. The van der Waals surface area contributed by atoms with Crippen molar-refractivity contribution in [1.82, 2.24) is 0 Å². The third kappa shape index (κ3) is 2.94. The van der Waals surface area contributed by atoms with E-state index in [1.54, 1.807) is 31.0 Å². The van der Waals surface area contributed by atoms with Crippen LogP contribution in [0.5, 0.6) is 5.75 Å². The number of ether oxygens (including phenoxy) is 1. The molecule has 0 N–H and O–H groups in total. The molecule has 0 amide bonds. The highest BCUT2D eigenvalue weighted by Gasteiger charge is 2.01. The molecule has 0 aliphatic heterocycles. The minimum atomic E-state index is 0. The summed E-state index contributed by atoms with van der Waals surface area (Å²) >= 11 is 1.57. The second-order valence-corrected chi connectivity index (χ2v) is 3.08. The number of benzene rings is 1. The van der Waals surface area contributed by atoms with Gasteiger partial charge in [-0.1, -0.05) is 0 Å². The summed E-state index contributed by atoms with van der Waals surface area (Å²) < 4.78 is 5.10. The summed E-state index contributed by atoms with van der Waals surface area (Å²) in [6, 6.07) is 5.36. The summed E-state index contributed by atoms with van der Waals surface area (Å²) in [5.41, 5.74) is 0.681. The molecule has 0 aliphatic rings. The number of methoxy groups -OCH3 is 1. The van der Waals surface area contributed by atoms with Crippen LogP contribution in [-0.2, 0) is 0 Å². The van der Waals surface area contributed by atoms with Gasteiger partial charge in [-0.2, -0.15) is 0 Å². The van der Waals surface area contributed by atoms with Crippen LogP contribution < -0.4 is 4.74 Å². The Morgan fingerprint density at radius 2 is 2.15 bits per heavy atom. The van der Waals surface area contributed by atoms with Crippen LogP contribution in [0.25, 0.3) is 0 Å². The number of carbonyl (C=O) groups is 1. The molecular formula is C9H11ClO2S. The van der Waals surface area contributed by atoms with Gasteiger partial charge >= 0.3 is 0 Å². The Morgan fingerprint density at radius 1 is 1.46 bits per heavy atom. The van der Waals surface area contributed by atoms with Crippen molar-refractivity contribution < 1.29 is 9.53 Å². The average molecular weight is 219 g/mol. The van der Waals surface area contributed by atoms with E-state index in [1.165, 1.54) is 0 Å². The minimum Gasteiger partial charge on any atom is -0.496 e. The molecular weight excluding hydrogens is 208 g/mol. The largest absolute Gasteiger partial charge is 0.496 e. The quantitative estimate of drug-likeness (QED) is 0.577. The van der Waals surface area contributed by atoms with Crippen LogP contribution in [0, 0.1) is 0 Å². The monoisotopic (exact) mass is 218 g/mol. The lowest BCUT2D eigenvalue weighted by Gasteiger charge is -2.05. The predicted molar refractivity (Wildman–Crippen MR) is 57.4 cm³/mol. The van der Waals surface area contributed by atoms with Crippen molar-refractivity contribution in [1.29, 1.82) is 0 Å². The number of hydrogen-bond donors (Lipinski definition) is 0. The number of rotatable bonds is 3. The zero-order chi connectivity index (χ0) is 8.97. The highest BCUT2D eigenvalue weighted by Crippen LogP contribution is 2.27. The molecule has 0 aromatic heterocycles. The van der Waals surface area contributed by atoms with E-state index in [0.29, 0.717) is 5.56 Å². The Kier molecular flexibility index (Phi) is 5.58. The molecule has 0 unspecified atom stereocenters. The first-order valence-corrected chi connectivity index (χ1v) is 4.71. The van der Waals surface area contributed by atoms with Crippen molar-refractivity contribution in [3.05, 3.63) is 23.8 Å². The van der Waals surface area contributed by atoms with Gasteiger partial charge in [-0.15, -0.1) is 24.2 Å². The minimum absolute atomic E-state index is 0. The van der Waals surface area contributed by atoms with Crippen molar-refractivity contribution in [2.24, 2.45) is 0 Å². The van der Waals surface area contributed by atoms with Crippen LogP contribution in [0.4, 0.5) is 0 Å². The Hall–Kier alpha value is -0.670. The lowest BCUT2D eigenvalue weighted by atomic mass is 10.2. The molecule has 0 saturated carbocycles. The predicted octanol–water partition coefficient (Wildman–Crippen LogP) is 2.65. The third-order valence-electron chi connectivity index (χ3n) is 1.54. The van der Waals surface area contributed by atoms with Crippen LogP contribution in [0.2, 0.25) is 0 Å². The van der Waals surface area contributed by atoms with E-state index < -0.39 is 0 Å². The molecule has 0 bridgehead atoms. The molecule has 1 aromatic rings. The lowest BCUT2D eigenvalue weighted by Crippen LogP contribution is -1.87. The first-order chi connectivity index (χ1) is 5.81. The molecule has 0 spiro atoms. The van der Waals surface area contributed by atoms with E-state index in [0.717, 1.165) is 16.9 Å². The maximum Gasteiger partial charge on any atom is 0.150 e. The van der Waals surface area contributed by atoms with Gasteiger partial charge in [-0.05, 0) is 24.5 Å². The fraction of sp³-hybridized carbons (Fsp3) is 0.222. The van der Waals surface area contributed by atoms with Crippen molar-refractivity contribution in [3.63, 3.8) is 0 Å². The van der Waals surface area contributed by atoms with Crippen LogP contribution in [0.15, 0.2) is 23.1 Å². The molecule has 1 rings (SSSR count). The van der Waals surface area contributed by atoms with E-state index in [4.69, 9.17) is 4.74 Å². The average Bonchev–Trinajstić information content (AvgIpc) is 2.16. The lowest BCUT2D eigenvalue weighted by molar-refractivity contribution is 0.112. The van der Waals surface area contributed by atoms with E-state index >= 15 is 0 Å². The van der Waals surface area contributed by atoms with Gasteiger partial charge in [0.15, 0.2) is 0 Å². The summed E-state index contributed by atoms with van der Waals surface area (Å²) in [5.74, 6) is 0.813. The normalized spacial score (nSPS) is 8.77. The summed E-state index contributed by atoms with van der Waals surface area (Å²) in [7, 11) is 1.62. The van der Waals surface area contributed by atoms with Gasteiger partial charge < -0.3 is 4.74 Å².